The zero-order valence-electron chi connectivity index (χ0n) is 10.4. The average molecular weight is 241 g/mol. The SMILES string of the molecule is Cc1cccc(C)c1C(=O)Nc1ccncc1N. The third-order valence-electron chi connectivity index (χ3n) is 2.81. The lowest BCUT2D eigenvalue weighted by Gasteiger charge is -2.11. The summed E-state index contributed by atoms with van der Waals surface area (Å²) in [6.07, 6.45) is 3.11. The molecule has 1 aromatic heterocycles. The molecule has 1 amide bonds. The molecule has 2 rings (SSSR count). The largest absolute Gasteiger partial charge is 0.396 e. The van der Waals surface area contributed by atoms with E-state index in [9.17, 15) is 4.79 Å². The highest BCUT2D eigenvalue weighted by Gasteiger charge is 2.12. The van der Waals surface area contributed by atoms with Crippen molar-refractivity contribution in [3.8, 4) is 0 Å². The number of carbonyl (C=O) groups excluding carboxylic acids is 1. The molecule has 0 bridgehead atoms. The zero-order valence-corrected chi connectivity index (χ0v) is 10.4. The lowest BCUT2D eigenvalue weighted by Crippen LogP contribution is -2.16. The number of nitrogens with two attached hydrogens (primary N) is 1. The first kappa shape index (κ1) is 12.1. The maximum Gasteiger partial charge on any atom is 0.256 e. The highest BCUT2D eigenvalue weighted by atomic mass is 16.1. The Morgan fingerprint density at radius 2 is 1.89 bits per heavy atom. The summed E-state index contributed by atoms with van der Waals surface area (Å²) in [5, 5.41) is 2.80. The first-order chi connectivity index (χ1) is 8.59. The van der Waals surface area contributed by atoms with E-state index in [1.54, 1.807) is 12.3 Å². The van der Waals surface area contributed by atoms with Crippen LogP contribution in [0.5, 0.6) is 0 Å². The van der Waals surface area contributed by atoms with Gasteiger partial charge < -0.3 is 11.1 Å². The third-order valence-corrected chi connectivity index (χ3v) is 2.81. The molecule has 0 aliphatic rings. The fourth-order valence-corrected chi connectivity index (χ4v) is 1.88. The predicted octanol–water partition coefficient (Wildman–Crippen LogP) is 2.53. The molecule has 0 saturated heterocycles. The third kappa shape index (κ3) is 2.32. The van der Waals surface area contributed by atoms with Crippen molar-refractivity contribution < 1.29 is 4.79 Å². The van der Waals surface area contributed by atoms with Crippen molar-refractivity contribution in [2.75, 3.05) is 11.1 Å². The molecule has 18 heavy (non-hydrogen) atoms. The summed E-state index contributed by atoms with van der Waals surface area (Å²) >= 11 is 0. The Labute approximate surface area is 106 Å². The number of amides is 1. The molecule has 4 heteroatoms. The Balaban J connectivity index is 2.31. The van der Waals surface area contributed by atoms with Gasteiger partial charge >= 0.3 is 0 Å². The standard InChI is InChI=1S/C14H15N3O/c1-9-4-3-5-10(2)13(9)14(18)17-12-6-7-16-8-11(12)15/h3-8H,15H2,1-2H3,(H,16,17,18). The van der Waals surface area contributed by atoms with Gasteiger partial charge in [0.1, 0.15) is 0 Å². The molecule has 0 unspecified atom stereocenters. The molecule has 2 aromatic rings. The molecule has 1 heterocycles. The second-order valence-electron chi connectivity index (χ2n) is 4.18. The molecule has 0 atom stereocenters. The highest BCUT2D eigenvalue weighted by Crippen LogP contribution is 2.19. The van der Waals surface area contributed by atoms with Crippen molar-refractivity contribution in [3.05, 3.63) is 53.3 Å². The van der Waals surface area contributed by atoms with Crippen molar-refractivity contribution in [2.45, 2.75) is 13.8 Å². The molecule has 0 saturated carbocycles. The van der Waals surface area contributed by atoms with Crippen LogP contribution in [0.15, 0.2) is 36.7 Å². The van der Waals surface area contributed by atoms with Crippen LogP contribution in [0.3, 0.4) is 0 Å². The summed E-state index contributed by atoms with van der Waals surface area (Å²) < 4.78 is 0. The maximum absolute atomic E-state index is 12.2. The molecule has 3 N–H and O–H groups in total. The molecular weight excluding hydrogens is 226 g/mol. The number of hydrogen-bond donors (Lipinski definition) is 2. The Morgan fingerprint density at radius 1 is 1.22 bits per heavy atom. The van der Waals surface area contributed by atoms with Crippen LogP contribution in [-0.2, 0) is 0 Å². The molecule has 92 valence electrons. The second kappa shape index (κ2) is 4.87. The van der Waals surface area contributed by atoms with Crippen molar-refractivity contribution >= 4 is 17.3 Å². The smallest absolute Gasteiger partial charge is 0.256 e. The molecule has 0 aliphatic heterocycles. The van der Waals surface area contributed by atoms with Gasteiger partial charge in [-0.1, -0.05) is 18.2 Å². The van der Waals surface area contributed by atoms with Crippen LogP contribution >= 0.6 is 0 Å². The minimum absolute atomic E-state index is 0.150. The minimum Gasteiger partial charge on any atom is -0.396 e. The number of pyridine rings is 1. The summed E-state index contributed by atoms with van der Waals surface area (Å²) in [5.74, 6) is -0.150. The van der Waals surface area contributed by atoms with Gasteiger partial charge in [-0.15, -0.1) is 0 Å². The molecular formula is C14H15N3O. The van der Waals surface area contributed by atoms with Gasteiger partial charge in [0.15, 0.2) is 0 Å². The Bertz CT molecular complexity index is 573. The maximum atomic E-state index is 12.2. The van der Waals surface area contributed by atoms with Gasteiger partial charge in [-0.3, -0.25) is 9.78 Å². The van der Waals surface area contributed by atoms with E-state index in [2.05, 4.69) is 10.3 Å². The van der Waals surface area contributed by atoms with Crippen LogP contribution < -0.4 is 11.1 Å². The molecule has 0 aliphatic carbocycles. The number of nitrogens with one attached hydrogen (secondary N) is 1. The number of aromatic nitrogens is 1. The number of carbonyl (C=O) groups is 1. The highest BCUT2D eigenvalue weighted by molar-refractivity contribution is 6.07. The van der Waals surface area contributed by atoms with Crippen LogP contribution in [0.25, 0.3) is 0 Å². The normalized spacial score (nSPS) is 10.1. The zero-order chi connectivity index (χ0) is 13.1. The van der Waals surface area contributed by atoms with Gasteiger partial charge in [0, 0.05) is 11.8 Å². The number of nitrogens with zero attached hydrogens (tertiary/aromatic N) is 1. The van der Waals surface area contributed by atoms with Crippen molar-refractivity contribution in [1.29, 1.82) is 0 Å². The summed E-state index contributed by atoms with van der Waals surface area (Å²) in [5.41, 5.74) is 9.36. The van der Waals surface area contributed by atoms with Crippen LogP contribution in [0.2, 0.25) is 0 Å². The van der Waals surface area contributed by atoms with E-state index in [1.165, 1.54) is 6.20 Å². The Morgan fingerprint density at radius 3 is 2.50 bits per heavy atom. The quantitative estimate of drug-likeness (QED) is 0.849. The van der Waals surface area contributed by atoms with Gasteiger partial charge in [-0.05, 0) is 31.0 Å². The molecule has 0 fully saturated rings. The van der Waals surface area contributed by atoms with Crippen molar-refractivity contribution in [2.24, 2.45) is 0 Å². The lowest BCUT2D eigenvalue weighted by atomic mass is 10.0. The molecule has 0 radical (unpaired) electrons. The number of aryl methyl sites for hydroxylation is 2. The van der Waals surface area contributed by atoms with E-state index in [1.807, 2.05) is 32.0 Å². The summed E-state index contributed by atoms with van der Waals surface area (Å²) in [6.45, 7) is 3.83. The number of hydrogen-bond acceptors (Lipinski definition) is 3. The minimum atomic E-state index is -0.150. The predicted molar refractivity (Wildman–Crippen MR) is 72.5 cm³/mol. The van der Waals surface area contributed by atoms with E-state index >= 15 is 0 Å². The molecule has 1 aromatic carbocycles. The van der Waals surface area contributed by atoms with Gasteiger partial charge in [-0.2, -0.15) is 0 Å². The van der Waals surface area contributed by atoms with Crippen LogP contribution in [0, 0.1) is 13.8 Å². The number of nitrogen functional groups attached to an aromatic ring is 1. The Kier molecular flexibility index (Phi) is 3.28. The summed E-state index contributed by atoms with van der Waals surface area (Å²) in [6, 6.07) is 7.44. The number of rotatable bonds is 2. The molecule has 4 nitrogen and oxygen atoms in total. The first-order valence-electron chi connectivity index (χ1n) is 5.66. The van der Waals surface area contributed by atoms with Gasteiger partial charge in [0.2, 0.25) is 0 Å². The second-order valence-corrected chi connectivity index (χ2v) is 4.18. The van der Waals surface area contributed by atoms with Gasteiger partial charge in [-0.25, -0.2) is 0 Å². The fraction of sp³-hybridized carbons (Fsp3) is 0.143. The monoisotopic (exact) mass is 241 g/mol. The topological polar surface area (TPSA) is 68.0 Å². The van der Waals surface area contributed by atoms with Gasteiger partial charge in [0.05, 0.1) is 17.6 Å². The van der Waals surface area contributed by atoms with Crippen LogP contribution in [0.1, 0.15) is 21.5 Å². The van der Waals surface area contributed by atoms with Crippen LogP contribution in [-0.4, -0.2) is 10.9 Å². The van der Waals surface area contributed by atoms with Crippen molar-refractivity contribution in [3.63, 3.8) is 0 Å². The average Bonchev–Trinajstić information content (AvgIpc) is 2.32. The van der Waals surface area contributed by atoms with E-state index in [0.717, 1.165) is 11.1 Å². The summed E-state index contributed by atoms with van der Waals surface area (Å²) in [4.78, 5) is 16.1. The molecule has 0 spiro atoms. The van der Waals surface area contributed by atoms with Gasteiger partial charge in [0.25, 0.3) is 5.91 Å². The number of benzene rings is 1. The fourth-order valence-electron chi connectivity index (χ4n) is 1.88. The first-order valence-corrected chi connectivity index (χ1v) is 5.66. The summed E-state index contributed by atoms with van der Waals surface area (Å²) in [7, 11) is 0. The van der Waals surface area contributed by atoms with Crippen LogP contribution in [0.4, 0.5) is 11.4 Å². The van der Waals surface area contributed by atoms with E-state index in [-0.39, 0.29) is 5.91 Å². The van der Waals surface area contributed by atoms with E-state index in [0.29, 0.717) is 16.9 Å². The van der Waals surface area contributed by atoms with E-state index < -0.39 is 0 Å². The van der Waals surface area contributed by atoms with Crippen molar-refractivity contribution in [1.82, 2.24) is 4.98 Å². The number of anilines is 2. The lowest BCUT2D eigenvalue weighted by molar-refractivity contribution is 0.102. The van der Waals surface area contributed by atoms with E-state index in [4.69, 9.17) is 5.73 Å². The Hall–Kier alpha value is -2.36.